The van der Waals surface area contributed by atoms with Gasteiger partial charge in [-0.3, -0.25) is 4.79 Å². The summed E-state index contributed by atoms with van der Waals surface area (Å²) in [5.41, 5.74) is 0.872. The number of aromatic nitrogens is 1. The molecule has 0 saturated heterocycles. The number of rotatable bonds is 4. The van der Waals surface area contributed by atoms with Crippen LogP contribution in [0.1, 0.15) is 24.9 Å². The van der Waals surface area contributed by atoms with Crippen LogP contribution >= 0.6 is 0 Å². The van der Waals surface area contributed by atoms with Crippen molar-refractivity contribution in [3.05, 3.63) is 70.6 Å². The molecule has 2 nitrogen and oxygen atoms in total. The van der Waals surface area contributed by atoms with Crippen LogP contribution in [0.4, 0.5) is 4.39 Å². The normalized spacial score (nSPS) is 12.4. The van der Waals surface area contributed by atoms with Crippen LogP contribution < -0.4 is 10.7 Å². The first-order valence-corrected chi connectivity index (χ1v) is 7.50. The first-order chi connectivity index (χ1) is 11.0. The van der Waals surface area contributed by atoms with Crippen molar-refractivity contribution in [1.82, 2.24) is 4.57 Å². The van der Waals surface area contributed by atoms with Crippen LogP contribution in [0.2, 0.25) is 0 Å². The highest BCUT2D eigenvalue weighted by Gasteiger charge is 2.19. The third-order valence-electron chi connectivity index (χ3n) is 4.18. The van der Waals surface area contributed by atoms with E-state index >= 15 is 0 Å². The molecule has 0 amide bonds. The summed E-state index contributed by atoms with van der Waals surface area (Å²) in [7, 11) is 0. The topological polar surface area (TPSA) is 22.0 Å². The smallest absolute Gasteiger partial charge is 0.132 e. The van der Waals surface area contributed by atoms with E-state index in [1.165, 1.54) is 12.1 Å². The molecule has 0 fully saturated rings. The molecule has 0 aliphatic carbocycles. The monoisotopic (exact) mass is 307 g/mol. The minimum atomic E-state index is -0.294. The van der Waals surface area contributed by atoms with Gasteiger partial charge in [0.15, 0.2) is 0 Å². The van der Waals surface area contributed by atoms with E-state index in [1.807, 2.05) is 28.8 Å². The van der Waals surface area contributed by atoms with E-state index in [0.29, 0.717) is 6.42 Å². The van der Waals surface area contributed by atoms with Crippen molar-refractivity contribution < 1.29 is 9.18 Å². The number of Topliss-reactive ketones (excluding diaryl/α,β-unsaturated/α-hetero) is 1. The lowest BCUT2D eigenvalue weighted by Crippen LogP contribution is -2.31. The number of carbonyl (C=O) groups excluding carboxylic acids is 1. The standard InChI is InChI=1S/C20H18FNO/c1-13(23)12-20(16-8-10-17(21)11-9-16)22-14(2)18-6-4-5-7-19(18)15(22)3/h4-11,20H,2-3,12H2,1H3. The molecule has 23 heavy (non-hydrogen) atoms. The molecule has 0 saturated carbocycles. The summed E-state index contributed by atoms with van der Waals surface area (Å²) in [6, 6.07) is 13.9. The predicted octanol–water partition coefficient (Wildman–Crippen LogP) is 3.17. The van der Waals surface area contributed by atoms with E-state index in [0.717, 1.165) is 27.0 Å². The van der Waals surface area contributed by atoms with Gasteiger partial charge in [-0.2, -0.15) is 0 Å². The predicted molar refractivity (Wildman–Crippen MR) is 92.1 cm³/mol. The largest absolute Gasteiger partial charge is 0.333 e. The Labute approximate surface area is 134 Å². The second-order valence-corrected chi connectivity index (χ2v) is 5.78. The lowest BCUT2D eigenvalue weighted by molar-refractivity contribution is -0.117. The molecule has 0 radical (unpaired) electrons. The fourth-order valence-electron chi connectivity index (χ4n) is 3.10. The number of hydrogen-bond donors (Lipinski definition) is 0. The quantitative estimate of drug-likeness (QED) is 0.725. The summed E-state index contributed by atoms with van der Waals surface area (Å²) in [5, 5.41) is 3.68. The number of hydrogen-bond acceptors (Lipinski definition) is 1. The van der Waals surface area contributed by atoms with Crippen LogP contribution in [0.25, 0.3) is 23.9 Å². The van der Waals surface area contributed by atoms with Gasteiger partial charge in [0.05, 0.1) is 6.04 Å². The molecule has 0 aliphatic heterocycles. The summed E-state index contributed by atoms with van der Waals surface area (Å²) < 4.78 is 15.2. The molecule has 1 heterocycles. The Balaban J connectivity index is 2.25. The van der Waals surface area contributed by atoms with Crippen LogP contribution in [0.15, 0.2) is 48.5 Å². The third kappa shape index (κ3) is 2.70. The molecule has 0 N–H and O–H groups in total. The lowest BCUT2D eigenvalue weighted by atomic mass is 10.0. The second kappa shape index (κ2) is 5.84. The molecule has 0 aliphatic rings. The van der Waals surface area contributed by atoms with Crippen molar-refractivity contribution in [3.8, 4) is 0 Å². The van der Waals surface area contributed by atoms with Crippen molar-refractivity contribution >= 4 is 29.7 Å². The summed E-state index contributed by atoms with van der Waals surface area (Å²) >= 11 is 0. The molecule has 3 aromatic rings. The molecule has 2 aromatic carbocycles. The van der Waals surface area contributed by atoms with E-state index in [4.69, 9.17) is 0 Å². The van der Waals surface area contributed by atoms with Gasteiger partial charge in [0.1, 0.15) is 11.6 Å². The zero-order valence-electron chi connectivity index (χ0n) is 13.1. The molecule has 1 atom stereocenters. The van der Waals surface area contributed by atoms with Crippen molar-refractivity contribution in [2.75, 3.05) is 0 Å². The number of benzene rings is 2. The van der Waals surface area contributed by atoms with Gasteiger partial charge < -0.3 is 4.57 Å². The number of ketones is 1. The van der Waals surface area contributed by atoms with Crippen LogP contribution in [0, 0.1) is 5.82 Å². The van der Waals surface area contributed by atoms with Crippen molar-refractivity contribution in [2.24, 2.45) is 0 Å². The summed E-state index contributed by atoms with van der Waals surface area (Å²) in [4.78, 5) is 11.8. The van der Waals surface area contributed by atoms with Gasteiger partial charge in [-0.25, -0.2) is 4.39 Å². The Hall–Kier alpha value is -2.68. The maximum atomic E-state index is 13.2. The SMILES string of the molecule is C=c1c2ccccc2c(=C)n1C(CC(C)=O)c1ccc(F)cc1. The van der Waals surface area contributed by atoms with Crippen LogP contribution in [0.3, 0.4) is 0 Å². The van der Waals surface area contributed by atoms with E-state index in [-0.39, 0.29) is 17.6 Å². The maximum absolute atomic E-state index is 13.2. The highest BCUT2D eigenvalue weighted by atomic mass is 19.1. The molecular weight excluding hydrogens is 289 g/mol. The summed E-state index contributed by atoms with van der Waals surface area (Å²) in [6.07, 6.45) is 0.317. The molecule has 3 rings (SSSR count). The van der Waals surface area contributed by atoms with E-state index < -0.39 is 0 Å². The van der Waals surface area contributed by atoms with Crippen LogP contribution in [-0.4, -0.2) is 10.4 Å². The van der Waals surface area contributed by atoms with E-state index in [9.17, 15) is 9.18 Å². The number of nitrogens with zero attached hydrogens (tertiary/aromatic N) is 1. The Kier molecular flexibility index (Phi) is 3.87. The average molecular weight is 307 g/mol. The zero-order valence-corrected chi connectivity index (χ0v) is 13.1. The van der Waals surface area contributed by atoms with E-state index in [1.54, 1.807) is 19.1 Å². The first kappa shape index (κ1) is 15.2. The average Bonchev–Trinajstić information content (AvgIpc) is 2.78. The maximum Gasteiger partial charge on any atom is 0.132 e. The number of halogens is 1. The minimum absolute atomic E-state index is 0.0656. The number of fused-ring (bicyclic) bond motifs is 1. The van der Waals surface area contributed by atoms with Crippen molar-refractivity contribution in [3.63, 3.8) is 0 Å². The Morgan fingerprint density at radius 1 is 1.04 bits per heavy atom. The van der Waals surface area contributed by atoms with Gasteiger partial charge >= 0.3 is 0 Å². The fourth-order valence-corrected chi connectivity index (χ4v) is 3.10. The Morgan fingerprint density at radius 3 is 2.04 bits per heavy atom. The molecule has 3 heteroatoms. The molecule has 116 valence electrons. The van der Waals surface area contributed by atoms with Crippen molar-refractivity contribution in [2.45, 2.75) is 19.4 Å². The van der Waals surface area contributed by atoms with Gasteiger partial charge in [-0.05, 0) is 24.6 Å². The van der Waals surface area contributed by atoms with Gasteiger partial charge in [-0.15, -0.1) is 0 Å². The van der Waals surface area contributed by atoms with Gasteiger partial charge in [-0.1, -0.05) is 49.6 Å². The number of carbonyl (C=O) groups is 1. The molecule has 1 unspecified atom stereocenters. The Morgan fingerprint density at radius 2 is 1.57 bits per heavy atom. The second-order valence-electron chi connectivity index (χ2n) is 5.78. The van der Waals surface area contributed by atoms with Gasteiger partial charge in [0, 0.05) is 27.9 Å². The van der Waals surface area contributed by atoms with Crippen molar-refractivity contribution in [1.29, 1.82) is 0 Å². The van der Waals surface area contributed by atoms with Gasteiger partial charge in [0.25, 0.3) is 0 Å². The fraction of sp³-hybridized carbons (Fsp3) is 0.150. The molecule has 1 aromatic heterocycles. The molecular formula is C20H18FNO. The van der Waals surface area contributed by atoms with E-state index in [2.05, 4.69) is 13.2 Å². The third-order valence-corrected chi connectivity index (χ3v) is 4.18. The highest BCUT2D eigenvalue weighted by molar-refractivity contribution is 5.84. The minimum Gasteiger partial charge on any atom is -0.333 e. The summed E-state index contributed by atoms with van der Waals surface area (Å²) in [6.45, 7) is 9.92. The highest BCUT2D eigenvalue weighted by Crippen LogP contribution is 2.22. The first-order valence-electron chi connectivity index (χ1n) is 7.50. The lowest BCUT2D eigenvalue weighted by Gasteiger charge is -2.19. The molecule has 0 spiro atoms. The van der Waals surface area contributed by atoms with Crippen LogP contribution in [0.5, 0.6) is 0 Å². The van der Waals surface area contributed by atoms with Gasteiger partial charge in [0.2, 0.25) is 0 Å². The summed E-state index contributed by atoms with van der Waals surface area (Å²) in [5.74, 6) is -0.228. The Bertz CT molecular complexity index is 922. The zero-order chi connectivity index (χ0) is 16.6. The van der Waals surface area contributed by atoms with Crippen LogP contribution in [-0.2, 0) is 4.79 Å². The molecule has 0 bridgehead atoms.